The molecule has 1 saturated heterocycles. The van der Waals surface area contributed by atoms with Crippen LogP contribution in [-0.4, -0.2) is 133 Å². The molecule has 1 aromatic heterocycles. The van der Waals surface area contributed by atoms with E-state index in [4.69, 9.17) is 32.8 Å². The molecule has 346 valence electrons. The summed E-state index contributed by atoms with van der Waals surface area (Å²) >= 11 is 0. The minimum Gasteiger partial charge on any atom is -0.504 e. The van der Waals surface area contributed by atoms with E-state index in [-0.39, 0.29) is 0 Å². The molecule has 14 N–H and O–H groups in total. The van der Waals surface area contributed by atoms with Crippen LogP contribution in [0, 0.1) is 0 Å². The second kappa shape index (κ2) is 14.8. The fraction of sp³-hybridized carbons (Fsp3) is 0.146. The number of cyclic esters (lactones) is 1. The molecule has 1 fully saturated rings. The Bertz CT molecular complexity index is 3320. The topological polar surface area (TPSA) is 437 Å². The lowest BCUT2D eigenvalue weighted by molar-refractivity contribution is -0.284. The number of aromatic hydroxyl groups is 13. The highest BCUT2D eigenvalue weighted by Crippen LogP contribution is 2.55. The minimum atomic E-state index is -2.54. The molecule has 5 aromatic carbocycles. The van der Waals surface area contributed by atoms with Gasteiger partial charge in [0.25, 0.3) is 0 Å². The zero-order valence-electron chi connectivity index (χ0n) is 32.6. The summed E-state index contributed by atoms with van der Waals surface area (Å²) in [5.41, 5.74) is -8.65. The van der Waals surface area contributed by atoms with Crippen LogP contribution >= 0.6 is 0 Å². The molecule has 3 aliphatic rings. The lowest BCUT2D eigenvalue weighted by atomic mass is 9.91. The number of carbonyl (C=O) groups excluding carboxylic acids is 4. The summed E-state index contributed by atoms with van der Waals surface area (Å²) in [6.45, 7) is -1.26. The Morgan fingerprint density at radius 2 is 0.940 bits per heavy atom. The fourth-order valence-corrected chi connectivity index (χ4v) is 7.77. The Hall–Kier alpha value is -9.43. The molecule has 4 heterocycles. The molecule has 9 rings (SSSR count). The third-order valence-electron chi connectivity index (χ3n) is 10.9. The van der Waals surface area contributed by atoms with E-state index < -0.39 is 208 Å². The number of benzene rings is 5. The van der Waals surface area contributed by atoms with Crippen LogP contribution in [0.4, 0.5) is 0 Å². The third kappa shape index (κ3) is 6.30. The van der Waals surface area contributed by atoms with Crippen LogP contribution in [-0.2, 0) is 23.7 Å². The molecule has 0 saturated carbocycles. The van der Waals surface area contributed by atoms with Gasteiger partial charge in [0.2, 0.25) is 34.5 Å². The van der Waals surface area contributed by atoms with Crippen molar-refractivity contribution in [2.45, 2.75) is 30.7 Å². The summed E-state index contributed by atoms with van der Waals surface area (Å²) in [5, 5.41) is 149. The van der Waals surface area contributed by atoms with Gasteiger partial charge in [-0.15, -0.1) is 0 Å². The lowest BCUT2D eigenvalue weighted by Crippen LogP contribution is -2.62. The zero-order valence-corrected chi connectivity index (χ0v) is 32.6. The molecule has 5 atom stereocenters. The van der Waals surface area contributed by atoms with Gasteiger partial charge >= 0.3 is 29.5 Å². The number of fused-ring (bicyclic) bond motifs is 8. The van der Waals surface area contributed by atoms with Crippen molar-refractivity contribution in [1.82, 2.24) is 0 Å². The van der Waals surface area contributed by atoms with Crippen LogP contribution in [0.15, 0.2) is 39.5 Å². The average molecular weight is 935 g/mol. The quantitative estimate of drug-likeness (QED) is 0.0339. The molecular weight excluding hydrogens is 908 g/mol. The van der Waals surface area contributed by atoms with E-state index in [2.05, 4.69) is 0 Å². The van der Waals surface area contributed by atoms with Gasteiger partial charge in [-0.05, 0) is 24.3 Å². The molecule has 0 amide bonds. The Balaban J connectivity index is 1.30. The van der Waals surface area contributed by atoms with Crippen molar-refractivity contribution in [3.05, 3.63) is 63.0 Å². The van der Waals surface area contributed by atoms with Crippen LogP contribution in [0.25, 0.3) is 32.9 Å². The van der Waals surface area contributed by atoms with Crippen molar-refractivity contribution in [1.29, 1.82) is 0 Å². The number of aliphatic hydroxyl groups is 1. The van der Waals surface area contributed by atoms with Crippen LogP contribution in [0.1, 0.15) is 41.4 Å². The third-order valence-corrected chi connectivity index (χ3v) is 10.9. The molecule has 0 aliphatic carbocycles. The van der Waals surface area contributed by atoms with Gasteiger partial charge in [-0.25, -0.2) is 24.0 Å². The summed E-state index contributed by atoms with van der Waals surface area (Å²) in [5.74, 6) is -26.0. The number of hydrogen-bond acceptors (Lipinski definition) is 26. The summed E-state index contributed by atoms with van der Waals surface area (Å²) in [7, 11) is 0. The highest BCUT2D eigenvalue weighted by atomic mass is 16.7. The van der Waals surface area contributed by atoms with Gasteiger partial charge in [0.1, 0.15) is 18.3 Å². The molecule has 6 aromatic rings. The second-order valence-electron chi connectivity index (χ2n) is 14.8. The van der Waals surface area contributed by atoms with Crippen LogP contribution in [0.3, 0.4) is 0 Å². The Morgan fingerprint density at radius 3 is 1.54 bits per heavy atom. The maximum Gasteiger partial charge on any atom is 0.344 e. The van der Waals surface area contributed by atoms with Crippen LogP contribution in [0.2, 0.25) is 0 Å². The van der Waals surface area contributed by atoms with E-state index in [9.17, 15) is 95.5 Å². The number of phenols is 13. The Morgan fingerprint density at radius 1 is 0.448 bits per heavy atom. The highest BCUT2D eigenvalue weighted by Gasteiger charge is 2.54. The van der Waals surface area contributed by atoms with Crippen LogP contribution in [0.5, 0.6) is 86.2 Å². The smallest absolute Gasteiger partial charge is 0.344 e. The molecule has 2 bridgehead atoms. The highest BCUT2D eigenvalue weighted by molar-refractivity contribution is 6.19. The predicted octanol–water partition coefficient (Wildman–Crippen LogP) is 1.76. The number of carbonyl (C=O) groups is 4. The first-order chi connectivity index (χ1) is 31.6. The van der Waals surface area contributed by atoms with E-state index in [0.29, 0.717) is 30.3 Å². The van der Waals surface area contributed by atoms with Gasteiger partial charge < -0.3 is 104 Å². The van der Waals surface area contributed by atoms with Crippen molar-refractivity contribution >= 4 is 45.6 Å². The zero-order chi connectivity index (χ0) is 48.4. The first-order valence-electron chi connectivity index (χ1n) is 18.7. The van der Waals surface area contributed by atoms with Crippen molar-refractivity contribution in [2.75, 3.05) is 6.61 Å². The Labute approximate surface area is 366 Å². The number of esters is 4. The van der Waals surface area contributed by atoms with Gasteiger partial charge in [0.05, 0.1) is 22.1 Å². The van der Waals surface area contributed by atoms with Gasteiger partial charge in [-0.1, -0.05) is 0 Å². The molecular formula is C41H26O26. The van der Waals surface area contributed by atoms with E-state index in [1.54, 1.807) is 0 Å². The second-order valence-corrected chi connectivity index (χ2v) is 14.8. The normalized spacial score (nSPS) is 20.4. The van der Waals surface area contributed by atoms with Gasteiger partial charge in [0, 0.05) is 28.0 Å². The maximum atomic E-state index is 14.6. The molecule has 0 unspecified atom stereocenters. The first kappa shape index (κ1) is 42.9. The monoisotopic (exact) mass is 934 g/mol. The Kier molecular flexibility index (Phi) is 9.48. The van der Waals surface area contributed by atoms with E-state index >= 15 is 0 Å². The number of rotatable bonds is 0. The van der Waals surface area contributed by atoms with Crippen molar-refractivity contribution in [3.63, 3.8) is 0 Å². The number of ether oxygens (including phenoxy) is 6. The van der Waals surface area contributed by atoms with Gasteiger partial charge in [-0.3, -0.25) is 0 Å². The van der Waals surface area contributed by atoms with Gasteiger partial charge in [0.15, 0.2) is 81.9 Å². The van der Waals surface area contributed by atoms with Gasteiger partial charge in [-0.2, -0.15) is 0 Å². The summed E-state index contributed by atoms with van der Waals surface area (Å²) in [4.78, 5) is 70.0. The summed E-state index contributed by atoms with van der Waals surface area (Å²) in [6, 6.07) is 2.43. The SMILES string of the molecule is O=C1OC[C@H]2O[C@@H](O)[C@@H]3OC(=O)c4cc(O)c(O)c(O)c4-c4c(cc(O)c(O)c4O)C(=O)O[C@@H]3[C@H]2OC(=O)c2cc(O)c(O)c3oc(=O)c4cc(O)c(c(O)c4c23)Oc2c1cc(O)c(O)c2O. The van der Waals surface area contributed by atoms with E-state index in [0.717, 1.165) is 0 Å². The number of phenolic OH excluding ortho intramolecular Hbond substituents is 13. The summed E-state index contributed by atoms with van der Waals surface area (Å²) in [6.07, 6.45) is -11.9. The number of aliphatic hydroxyl groups excluding tert-OH is 1. The standard InChI is InChI=1S/C41H26O26/c42-12-1-7-18(26(51)22(12)47)19-8(2-13(43)23(48)27(19)52)39(58)67-35-34(66-38(7)57)32-17(62-41(35)60)6-61-36(55)11-5-14(44)24(49)29(54)30(11)63-31-16(46)4-9-20(28(31)53)21-10(40(59)64-32)3-15(45)25(50)33(21)65-37(9)56/h1-5,17,32,34-35,41-54,60H,6H2/t17-,32+,34-,35-,41-/m1/s1. The lowest BCUT2D eigenvalue weighted by Gasteiger charge is -2.43. The fourth-order valence-electron chi connectivity index (χ4n) is 7.77. The first-order valence-corrected chi connectivity index (χ1v) is 18.7. The van der Waals surface area contributed by atoms with E-state index in [1.807, 2.05) is 0 Å². The van der Waals surface area contributed by atoms with E-state index in [1.165, 1.54) is 0 Å². The molecule has 26 heteroatoms. The van der Waals surface area contributed by atoms with Crippen molar-refractivity contribution in [3.8, 4) is 97.4 Å². The van der Waals surface area contributed by atoms with Crippen molar-refractivity contribution in [2.24, 2.45) is 0 Å². The predicted molar refractivity (Wildman–Crippen MR) is 209 cm³/mol. The molecule has 0 radical (unpaired) electrons. The molecule has 67 heavy (non-hydrogen) atoms. The number of hydrogen-bond donors (Lipinski definition) is 14. The van der Waals surface area contributed by atoms with Crippen molar-refractivity contribution < 1.29 is 124 Å². The largest absolute Gasteiger partial charge is 0.504 e. The maximum absolute atomic E-state index is 14.6. The summed E-state index contributed by atoms with van der Waals surface area (Å²) < 4.78 is 38.4. The average Bonchev–Trinajstić information content (AvgIpc) is 3.28. The molecule has 26 nitrogen and oxygen atoms in total. The van der Waals surface area contributed by atoms with Crippen LogP contribution < -0.4 is 10.4 Å². The molecule has 0 spiro atoms. The minimum absolute atomic E-state index is 0.435. The molecule has 3 aliphatic heterocycles.